The molecule has 2 unspecified atom stereocenters. The monoisotopic (exact) mass is 283 g/mol. The minimum Gasteiger partial charge on any atom is -0.394 e. The van der Waals surface area contributed by atoms with Crippen molar-refractivity contribution < 1.29 is 9.90 Å². The third-order valence-electron chi connectivity index (χ3n) is 4.52. The first-order valence-electron chi connectivity index (χ1n) is 8.08. The van der Waals surface area contributed by atoms with Gasteiger partial charge in [-0.2, -0.15) is 0 Å². The molecule has 2 atom stereocenters. The maximum Gasteiger partial charge on any atom is 0.317 e. The van der Waals surface area contributed by atoms with E-state index < -0.39 is 0 Å². The topological polar surface area (TPSA) is 55.8 Å². The molecule has 2 aliphatic rings. The molecule has 20 heavy (non-hydrogen) atoms. The van der Waals surface area contributed by atoms with Gasteiger partial charge >= 0.3 is 6.03 Å². The molecule has 2 aliphatic heterocycles. The molecule has 0 radical (unpaired) electrons. The molecule has 2 fully saturated rings. The summed E-state index contributed by atoms with van der Waals surface area (Å²) in [5.74, 6) is 0.813. The minimum absolute atomic E-state index is 0.00596. The predicted octanol–water partition coefficient (Wildman–Crippen LogP) is 1.27. The Balaban J connectivity index is 1.59. The van der Waals surface area contributed by atoms with Gasteiger partial charge in [0.25, 0.3) is 0 Å². The Hall–Kier alpha value is -0.810. The van der Waals surface area contributed by atoms with Crippen molar-refractivity contribution in [3.05, 3.63) is 0 Å². The number of hydrogen-bond donors (Lipinski definition) is 2. The van der Waals surface area contributed by atoms with Crippen molar-refractivity contribution in [3.8, 4) is 0 Å². The van der Waals surface area contributed by atoms with Crippen molar-refractivity contribution in [3.63, 3.8) is 0 Å². The summed E-state index contributed by atoms with van der Waals surface area (Å²) in [5, 5.41) is 12.2. The van der Waals surface area contributed by atoms with Crippen LogP contribution in [-0.2, 0) is 0 Å². The molecule has 2 amide bonds. The third kappa shape index (κ3) is 4.35. The van der Waals surface area contributed by atoms with E-state index in [-0.39, 0.29) is 18.7 Å². The molecule has 0 bridgehead atoms. The number of piperidine rings is 1. The number of likely N-dealkylation sites (tertiary alicyclic amines) is 2. The quantitative estimate of drug-likeness (QED) is 0.747. The van der Waals surface area contributed by atoms with Gasteiger partial charge in [-0.05, 0) is 51.1 Å². The van der Waals surface area contributed by atoms with E-state index >= 15 is 0 Å². The van der Waals surface area contributed by atoms with Crippen molar-refractivity contribution >= 4 is 6.03 Å². The Labute approximate surface area is 122 Å². The minimum atomic E-state index is -0.00596. The Morgan fingerprint density at radius 3 is 2.85 bits per heavy atom. The van der Waals surface area contributed by atoms with Crippen molar-refractivity contribution in [1.82, 2.24) is 15.1 Å². The first-order valence-corrected chi connectivity index (χ1v) is 8.08. The van der Waals surface area contributed by atoms with Gasteiger partial charge in [0.05, 0.1) is 12.6 Å². The van der Waals surface area contributed by atoms with Crippen molar-refractivity contribution in [1.29, 1.82) is 0 Å². The van der Waals surface area contributed by atoms with E-state index in [2.05, 4.69) is 17.1 Å². The van der Waals surface area contributed by atoms with Crippen LogP contribution in [0.5, 0.6) is 0 Å². The van der Waals surface area contributed by atoms with Crippen LogP contribution in [0, 0.1) is 5.92 Å². The summed E-state index contributed by atoms with van der Waals surface area (Å²) in [6, 6.07) is 0.0199. The fourth-order valence-corrected chi connectivity index (χ4v) is 3.38. The van der Waals surface area contributed by atoms with Gasteiger partial charge in [0.2, 0.25) is 0 Å². The lowest BCUT2D eigenvalue weighted by molar-refractivity contribution is 0.155. The van der Waals surface area contributed by atoms with Gasteiger partial charge in [-0.1, -0.05) is 6.92 Å². The lowest BCUT2D eigenvalue weighted by Gasteiger charge is -2.30. The van der Waals surface area contributed by atoms with Gasteiger partial charge in [0, 0.05) is 19.6 Å². The summed E-state index contributed by atoms with van der Waals surface area (Å²) in [6.07, 6.45) is 5.60. The first kappa shape index (κ1) is 15.6. The highest BCUT2D eigenvalue weighted by atomic mass is 16.3. The number of urea groups is 1. The summed E-state index contributed by atoms with van der Waals surface area (Å²) in [4.78, 5) is 16.3. The maximum absolute atomic E-state index is 12.0. The van der Waals surface area contributed by atoms with Crippen LogP contribution in [0.3, 0.4) is 0 Å². The number of hydrogen-bond acceptors (Lipinski definition) is 3. The number of aliphatic hydroxyl groups is 1. The SMILES string of the molecule is CC1CCCN(CCCNC(=O)N2CCCC2CO)C1. The van der Waals surface area contributed by atoms with E-state index in [0.29, 0.717) is 0 Å². The average molecular weight is 283 g/mol. The van der Waals surface area contributed by atoms with Gasteiger partial charge in [-0.3, -0.25) is 0 Å². The summed E-state index contributed by atoms with van der Waals surface area (Å²) in [7, 11) is 0. The first-order chi connectivity index (χ1) is 9.70. The highest BCUT2D eigenvalue weighted by Gasteiger charge is 2.27. The third-order valence-corrected chi connectivity index (χ3v) is 4.52. The van der Waals surface area contributed by atoms with Crippen LogP contribution in [0.2, 0.25) is 0 Å². The number of amides is 2. The van der Waals surface area contributed by atoms with Crippen LogP contribution in [0.15, 0.2) is 0 Å². The molecule has 0 aromatic rings. The van der Waals surface area contributed by atoms with Crippen LogP contribution in [0.1, 0.15) is 39.0 Å². The molecular weight excluding hydrogens is 254 g/mol. The Bertz CT molecular complexity index is 311. The van der Waals surface area contributed by atoms with Crippen molar-refractivity contribution in [2.24, 2.45) is 5.92 Å². The number of carbonyl (C=O) groups excluding carboxylic acids is 1. The van der Waals surface area contributed by atoms with E-state index in [9.17, 15) is 9.90 Å². The zero-order valence-corrected chi connectivity index (χ0v) is 12.7. The predicted molar refractivity (Wildman–Crippen MR) is 79.7 cm³/mol. The molecule has 2 saturated heterocycles. The van der Waals surface area contributed by atoms with E-state index in [1.54, 1.807) is 4.90 Å². The lowest BCUT2D eigenvalue weighted by atomic mass is 10.0. The average Bonchev–Trinajstić information content (AvgIpc) is 2.92. The number of nitrogens with zero attached hydrogens (tertiary/aromatic N) is 2. The summed E-state index contributed by atoms with van der Waals surface area (Å²) in [5.41, 5.74) is 0. The number of nitrogens with one attached hydrogen (secondary N) is 1. The van der Waals surface area contributed by atoms with Gasteiger partial charge in [0.15, 0.2) is 0 Å². The maximum atomic E-state index is 12.0. The molecule has 0 aromatic heterocycles. The van der Waals surface area contributed by atoms with Crippen LogP contribution in [0.4, 0.5) is 4.79 Å². The van der Waals surface area contributed by atoms with Gasteiger partial charge in [0.1, 0.15) is 0 Å². The van der Waals surface area contributed by atoms with Gasteiger partial charge in [-0.25, -0.2) is 4.79 Å². The molecule has 0 aromatic carbocycles. The van der Waals surface area contributed by atoms with Crippen molar-refractivity contribution in [2.75, 3.05) is 39.3 Å². The molecular formula is C15H29N3O2. The van der Waals surface area contributed by atoms with Crippen LogP contribution in [-0.4, -0.2) is 66.3 Å². The van der Waals surface area contributed by atoms with Crippen molar-refractivity contribution in [2.45, 2.75) is 45.1 Å². The molecule has 2 heterocycles. The fourth-order valence-electron chi connectivity index (χ4n) is 3.38. The van der Waals surface area contributed by atoms with Crippen LogP contribution >= 0.6 is 0 Å². The van der Waals surface area contributed by atoms with E-state index in [1.807, 2.05) is 0 Å². The van der Waals surface area contributed by atoms with Gasteiger partial charge in [-0.15, -0.1) is 0 Å². The summed E-state index contributed by atoms with van der Waals surface area (Å²) in [6.45, 7) is 7.40. The second-order valence-electron chi connectivity index (χ2n) is 6.31. The van der Waals surface area contributed by atoms with E-state index in [0.717, 1.165) is 44.8 Å². The molecule has 0 saturated carbocycles. The molecule has 5 nitrogen and oxygen atoms in total. The largest absolute Gasteiger partial charge is 0.394 e. The summed E-state index contributed by atoms with van der Waals surface area (Å²) >= 11 is 0. The van der Waals surface area contributed by atoms with Crippen LogP contribution in [0.25, 0.3) is 0 Å². The Morgan fingerprint density at radius 2 is 2.10 bits per heavy atom. The smallest absolute Gasteiger partial charge is 0.317 e. The Kier molecular flexibility index (Phi) is 6.10. The van der Waals surface area contributed by atoms with E-state index in [1.165, 1.54) is 25.9 Å². The molecule has 0 aliphatic carbocycles. The molecule has 2 rings (SSSR count). The highest BCUT2D eigenvalue weighted by Crippen LogP contribution is 2.17. The lowest BCUT2D eigenvalue weighted by Crippen LogP contribution is -2.45. The second-order valence-corrected chi connectivity index (χ2v) is 6.31. The standard InChI is InChI=1S/C15H29N3O2/c1-13-5-2-8-17(11-13)9-4-7-16-15(20)18-10-3-6-14(18)12-19/h13-14,19H,2-12H2,1H3,(H,16,20). The number of aliphatic hydroxyl groups excluding tert-OH is 1. The normalized spacial score (nSPS) is 27.8. The van der Waals surface area contributed by atoms with Crippen LogP contribution < -0.4 is 5.32 Å². The summed E-state index contributed by atoms with van der Waals surface area (Å²) < 4.78 is 0. The second kappa shape index (κ2) is 7.84. The molecule has 2 N–H and O–H groups in total. The van der Waals surface area contributed by atoms with E-state index in [4.69, 9.17) is 0 Å². The Morgan fingerprint density at radius 1 is 1.30 bits per heavy atom. The molecule has 0 spiro atoms. The zero-order chi connectivity index (χ0) is 14.4. The molecule has 5 heteroatoms. The fraction of sp³-hybridized carbons (Fsp3) is 0.933. The molecule has 116 valence electrons. The number of rotatable bonds is 5. The number of carbonyl (C=O) groups is 1. The van der Waals surface area contributed by atoms with Gasteiger partial charge < -0.3 is 20.2 Å². The zero-order valence-electron chi connectivity index (χ0n) is 12.7. The highest BCUT2D eigenvalue weighted by molar-refractivity contribution is 5.74.